The van der Waals surface area contributed by atoms with Crippen LogP contribution in [0.15, 0.2) is 18.2 Å². The third kappa shape index (κ3) is 3.57. The molecule has 0 bridgehead atoms. The summed E-state index contributed by atoms with van der Waals surface area (Å²) in [4.78, 5) is 27.0. The minimum absolute atomic E-state index is 0.00133. The number of amides is 2. The summed E-state index contributed by atoms with van der Waals surface area (Å²) < 4.78 is 0. The van der Waals surface area contributed by atoms with Crippen LogP contribution in [0.3, 0.4) is 0 Å². The second kappa shape index (κ2) is 7.09. The maximum absolute atomic E-state index is 12.9. The molecule has 1 aliphatic heterocycles. The van der Waals surface area contributed by atoms with Crippen molar-refractivity contribution in [1.82, 2.24) is 20.4 Å². The second-order valence-corrected chi connectivity index (χ2v) is 6.64. The Bertz CT molecular complexity index is 790. The highest BCUT2D eigenvalue weighted by molar-refractivity contribution is 5.96. The smallest absolute Gasteiger partial charge is 0.272 e. The van der Waals surface area contributed by atoms with Gasteiger partial charge in [-0.2, -0.15) is 5.10 Å². The summed E-state index contributed by atoms with van der Waals surface area (Å²) in [5.41, 5.74) is 5.03. The van der Waals surface area contributed by atoms with Gasteiger partial charge in [0.1, 0.15) is 0 Å². The second-order valence-electron chi connectivity index (χ2n) is 6.64. The highest BCUT2D eigenvalue weighted by atomic mass is 16.2. The Balaban J connectivity index is 1.81. The zero-order chi connectivity index (χ0) is 18.0. The molecule has 6 heteroatoms. The molecule has 6 nitrogen and oxygen atoms in total. The van der Waals surface area contributed by atoms with Crippen LogP contribution in [-0.2, 0) is 13.0 Å². The van der Waals surface area contributed by atoms with Crippen LogP contribution in [-0.4, -0.2) is 40.0 Å². The first-order valence-electron chi connectivity index (χ1n) is 8.71. The Kier molecular flexibility index (Phi) is 4.88. The molecule has 2 amide bonds. The van der Waals surface area contributed by atoms with Gasteiger partial charge < -0.3 is 10.2 Å². The van der Waals surface area contributed by atoms with E-state index in [4.69, 9.17) is 0 Å². The lowest BCUT2D eigenvalue weighted by Crippen LogP contribution is -2.37. The summed E-state index contributed by atoms with van der Waals surface area (Å²) in [6, 6.07) is 5.88. The zero-order valence-corrected chi connectivity index (χ0v) is 15.0. The van der Waals surface area contributed by atoms with E-state index in [-0.39, 0.29) is 11.8 Å². The predicted molar refractivity (Wildman–Crippen MR) is 95.6 cm³/mol. The number of H-pyrrole nitrogens is 1. The summed E-state index contributed by atoms with van der Waals surface area (Å²) >= 11 is 0. The molecule has 0 fully saturated rings. The first-order chi connectivity index (χ1) is 12.0. The van der Waals surface area contributed by atoms with Crippen LogP contribution in [0.1, 0.15) is 56.6 Å². The molecule has 1 aromatic carbocycles. The van der Waals surface area contributed by atoms with Gasteiger partial charge in [-0.05, 0) is 32.4 Å². The van der Waals surface area contributed by atoms with Crippen molar-refractivity contribution >= 4 is 11.8 Å². The van der Waals surface area contributed by atoms with E-state index in [2.05, 4.69) is 21.6 Å². The van der Waals surface area contributed by atoms with Gasteiger partial charge in [0.25, 0.3) is 11.8 Å². The van der Waals surface area contributed by atoms with Crippen LogP contribution in [0.2, 0.25) is 0 Å². The van der Waals surface area contributed by atoms with E-state index in [1.54, 1.807) is 4.90 Å². The van der Waals surface area contributed by atoms with Gasteiger partial charge in [0.15, 0.2) is 5.69 Å². The van der Waals surface area contributed by atoms with E-state index in [1.165, 1.54) is 0 Å². The number of aryl methyl sites for hydroxylation is 2. The molecule has 0 unspecified atom stereocenters. The van der Waals surface area contributed by atoms with Gasteiger partial charge in [0.2, 0.25) is 0 Å². The lowest BCUT2D eigenvalue weighted by Gasteiger charge is -2.27. The van der Waals surface area contributed by atoms with E-state index in [9.17, 15) is 9.59 Å². The Morgan fingerprint density at radius 2 is 1.96 bits per heavy atom. The number of carbonyl (C=O) groups excluding carboxylic acids is 2. The van der Waals surface area contributed by atoms with Gasteiger partial charge in [0.05, 0.1) is 6.54 Å². The lowest BCUT2D eigenvalue weighted by molar-refractivity contribution is 0.0731. The number of benzene rings is 1. The molecule has 0 spiro atoms. The van der Waals surface area contributed by atoms with Crippen LogP contribution in [0.4, 0.5) is 0 Å². The monoisotopic (exact) mass is 340 g/mol. The van der Waals surface area contributed by atoms with Gasteiger partial charge in [-0.25, -0.2) is 0 Å². The van der Waals surface area contributed by atoms with E-state index in [0.717, 1.165) is 28.8 Å². The maximum Gasteiger partial charge on any atom is 0.272 e. The maximum atomic E-state index is 12.9. The Morgan fingerprint density at radius 1 is 1.24 bits per heavy atom. The molecule has 132 valence electrons. The van der Waals surface area contributed by atoms with E-state index in [0.29, 0.717) is 37.3 Å². The van der Waals surface area contributed by atoms with Crippen LogP contribution in [0.25, 0.3) is 0 Å². The number of rotatable bonds is 4. The van der Waals surface area contributed by atoms with Gasteiger partial charge in [-0.3, -0.25) is 14.7 Å². The normalized spacial score (nSPS) is 13.5. The number of carbonyl (C=O) groups is 2. The van der Waals surface area contributed by atoms with Crippen molar-refractivity contribution in [2.75, 3.05) is 13.1 Å². The molecule has 3 rings (SSSR count). The Labute approximate surface area is 147 Å². The molecular weight excluding hydrogens is 316 g/mol. The topological polar surface area (TPSA) is 78.1 Å². The van der Waals surface area contributed by atoms with Crippen LogP contribution < -0.4 is 5.32 Å². The highest BCUT2D eigenvalue weighted by Crippen LogP contribution is 2.22. The molecule has 0 saturated carbocycles. The van der Waals surface area contributed by atoms with Gasteiger partial charge in [0, 0.05) is 36.3 Å². The minimum Gasteiger partial charge on any atom is -0.351 e. The van der Waals surface area contributed by atoms with Crippen molar-refractivity contribution in [2.24, 2.45) is 0 Å². The molecule has 2 aromatic rings. The number of aromatic amines is 1. The van der Waals surface area contributed by atoms with Crippen LogP contribution in [0.5, 0.6) is 0 Å². The molecule has 1 aromatic heterocycles. The summed E-state index contributed by atoms with van der Waals surface area (Å²) in [5, 5.41) is 9.97. The van der Waals surface area contributed by atoms with Crippen molar-refractivity contribution in [3.63, 3.8) is 0 Å². The van der Waals surface area contributed by atoms with Gasteiger partial charge >= 0.3 is 0 Å². The van der Waals surface area contributed by atoms with Crippen molar-refractivity contribution in [3.8, 4) is 0 Å². The van der Waals surface area contributed by atoms with Gasteiger partial charge in [-0.15, -0.1) is 0 Å². The number of nitrogens with one attached hydrogen (secondary N) is 2. The van der Waals surface area contributed by atoms with Gasteiger partial charge in [-0.1, -0.05) is 24.1 Å². The van der Waals surface area contributed by atoms with E-state index in [1.807, 2.05) is 32.9 Å². The van der Waals surface area contributed by atoms with E-state index < -0.39 is 0 Å². The number of fused-ring (bicyclic) bond motifs is 1. The average Bonchev–Trinajstić information content (AvgIpc) is 3.01. The third-order valence-corrected chi connectivity index (χ3v) is 4.44. The molecule has 2 N–H and O–H groups in total. The number of aromatic nitrogens is 2. The largest absolute Gasteiger partial charge is 0.351 e. The fraction of sp³-hybridized carbons (Fsp3) is 0.421. The fourth-order valence-corrected chi connectivity index (χ4v) is 3.26. The lowest BCUT2D eigenvalue weighted by atomic mass is 10.0. The minimum atomic E-state index is -0.181. The average molecular weight is 340 g/mol. The molecule has 0 aliphatic carbocycles. The Morgan fingerprint density at radius 3 is 2.64 bits per heavy atom. The van der Waals surface area contributed by atoms with Crippen molar-refractivity contribution in [1.29, 1.82) is 0 Å². The first-order valence-corrected chi connectivity index (χ1v) is 8.71. The molecule has 0 radical (unpaired) electrons. The Hall–Kier alpha value is -2.63. The van der Waals surface area contributed by atoms with Crippen molar-refractivity contribution in [2.45, 2.75) is 40.2 Å². The molecule has 1 aliphatic rings. The number of nitrogens with zero attached hydrogens (tertiary/aromatic N) is 2. The first kappa shape index (κ1) is 17.2. The third-order valence-electron chi connectivity index (χ3n) is 4.44. The summed E-state index contributed by atoms with van der Waals surface area (Å²) in [7, 11) is 0. The molecule has 25 heavy (non-hydrogen) atoms. The standard InChI is InChI=1S/C19H24N4O2/c1-4-6-20-18(24)17-15-11-23(7-5-16(15)21-22-17)19(25)14-9-12(2)8-13(3)10-14/h8-10H,4-7,11H2,1-3H3,(H,20,24)(H,21,22). The van der Waals surface area contributed by atoms with E-state index >= 15 is 0 Å². The SMILES string of the molecule is CCCNC(=O)c1n[nH]c2c1CN(C(=O)c1cc(C)cc(C)c1)CC2. The van der Waals surface area contributed by atoms with Crippen molar-refractivity contribution in [3.05, 3.63) is 51.8 Å². The van der Waals surface area contributed by atoms with Crippen LogP contribution >= 0.6 is 0 Å². The zero-order valence-electron chi connectivity index (χ0n) is 15.0. The molecule has 2 heterocycles. The summed E-state index contributed by atoms with van der Waals surface area (Å²) in [5.74, 6) is -0.182. The molecule has 0 saturated heterocycles. The predicted octanol–water partition coefficient (Wildman–Crippen LogP) is 2.36. The van der Waals surface area contributed by atoms with Crippen molar-refractivity contribution < 1.29 is 9.59 Å². The molecular formula is C19H24N4O2. The summed E-state index contributed by atoms with van der Waals surface area (Å²) in [6.45, 7) is 7.63. The number of hydrogen-bond donors (Lipinski definition) is 2. The number of hydrogen-bond acceptors (Lipinski definition) is 3. The molecule has 0 atom stereocenters. The van der Waals surface area contributed by atoms with Crippen LogP contribution in [0, 0.1) is 13.8 Å². The fourth-order valence-electron chi connectivity index (χ4n) is 3.26. The highest BCUT2D eigenvalue weighted by Gasteiger charge is 2.28. The summed E-state index contributed by atoms with van der Waals surface area (Å²) in [6.07, 6.45) is 1.55. The quantitative estimate of drug-likeness (QED) is 0.897.